The first kappa shape index (κ1) is 13.5. The Morgan fingerprint density at radius 3 is 3.11 bits per heavy atom. The lowest BCUT2D eigenvalue weighted by Crippen LogP contribution is -2.49. The van der Waals surface area contributed by atoms with E-state index in [1.165, 1.54) is 0 Å². The number of aromatic nitrogens is 2. The summed E-state index contributed by atoms with van der Waals surface area (Å²) < 4.78 is 6.84. The Hall–Kier alpha value is -1.89. The summed E-state index contributed by atoms with van der Waals surface area (Å²) in [6.07, 6.45) is 3.12. The van der Waals surface area contributed by atoms with Crippen molar-refractivity contribution >= 4 is 11.8 Å². The van der Waals surface area contributed by atoms with Crippen LogP contribution in [0.25, 0.3) is 0 Å². The number of hydrogen-bond acceptors (Lipinski definition) is 5. The molecular weight excluding hydrogens is 250 g/mol. The summed E-state index contributed by atoms with van der Waals surface area (Å²) in [5.41, 5.74) is -0.192. The van der Waals surface area contributed by atoms with Crippen molar-refractivity contribution in [3.05, 3.63) is 22.7 Å². The molecule has 0 saturated carbocycles. The number of anilines is 1. The van der Waals surface area contributed by atoms with Gasteiger partial charge in [-0.1, -0.05) is 0 Å². The molecule has 1 N–H and O–H groups in total. The molecule has 1 saturated heterocycles. The van der Waals surface area contributed by atoms with Crippen molar-refractivity contribution in [3.8, 4) is 0 Å². The van der Waals surface area contributed by atoms with Crippen LogP contribution in [0.15, 0.2) is 17.2 Å². The number of rotatable bonds is 4. The molecule has 1 aliphatic heterocycles. The molecule has 7 heteroatoms. The summed E-state index contributed by atoms with van der Waals surface area (Å²) in [6, 6.07) is -0.348. The van der Waals surface area contributed by atoms with E-state index in [4.69, 9.17) is 9.84 Å². The number of nitrogens with zero attached hydrogens (tertiary/aromatic N) is 3. The molecule has 2 rings (SSSR count). The van der Waals surface area contributed by atoms with Gasteiger partial charge in [-0.25, -0.2) is 4.98 Å². The zero-order chi connectivity index (χ0) is 13.8. The third-order valence-corrected chi connectivity index (χ3v) is 3.15. The highest BCUT2D eigenvalue weighted by Gasteiger charge is 2.28. The minimum Gasteiger partial charge on any atom is -0.481 e. The molecule has 1 aliphatic rings. The van der Waals surface area contributed by atoms with Crippen LogP contribution in [0.2, 0.25) is 0 Å². The highest BCUT2D eigenvalue weighted by Crippen LogP contribution is 2.15. The van der Waals surface area contributed by atoms with Gasteiger partial charge in [0.25, 0.3) is 5.56 Å². The van der Waals surface area contributed by atoms with Crippen LogP contribution in [0.1, 0.15) is 13.3 Å². The normalized spacial score (nSPS) is 19.4. The molecular formula is C12H17N3O4. The lowest BCUT2D eigenvalue weighted by molar-refractivity contribution is -0.138. The van der Waals surface area contributed by atoms with E-state index in [0.29, 0.717) is 32.1 Å². The predicted molar refractivity (Wildman–Crippen MR) is 68.4 cm³/mol. The van der Waals surface area contributed by atoms with Gasteiger partial charge in [0, 0.05) is 25.5 Å². The molecule has 1 unspecified atom stereocenters. The average Bonchev–Trinajstić information content (AvgIpc) is 2.39. The van der Waals surface area contributed by atoms with Crippen LogP contribution >= 0.6 is 0 Å². The Morgan fingerprint density at radius 1 is 1.63 bits per heavy atom. The molecule has 104 valence electrons. The number of ether oxygens (including phenoxy) is 1. The van der Waals surface area contributed by atoms with E-state index in [-0.39, 0.29) is 18.0 Å². The van der Waals surface area contributed by atoms with Gasteiger partial charge in [-0.2, -0.15) is 0 Å². The van der Waals surface area contributed by atoms with E-state index in [1.807, 2.05) is 6.92 Å². The summed E-state index contributed by atoms with van der Waals surface area (Å²) in [5, 5.41) is 8.91. The van der Waals surface area contributed by atoms with Gasteiger partial charge >= 0.3 is 5.97 Å². The van der Waals surface area contributed by atoms with Crippen molar-refractivity contribution < 1.29 is 14.6 Å². The molecule has 19 heavy (non-hydrogen) atoms. The maximum atomic E-state index is 12.2. The second kappa shape index (κ2) is 5.83. The van der Waals surface area contributed by atoms with Crippen molar-refractivity contribution in [1.82, 2.24) is 9.55 Å². The van der Waals surface area contributed by atoms with Gasteiger partial charge in [0.2, 0.25) is 0 Å². The molecule has 0 radical (unpaired) electrons. The van der Waals surface area contributed by atoms with E-state index in [2.05, 4.69) is 4.98 Å². The third kappa shape index (κ3) is 2.93. The molecule has 0 aliphatic carbocycles. The number of carboxylic acid groups (broad SMARTS) is 1. The van der Waals surface area contributed by atoms with Crippen LogP contribution in [0, 0.1) is 0 Å². The molecule has 0 bridgehead atoms. The number of aliphatic carboxylic acids is 1. The van der Waals surface area contributed by atoms with Gasteiger partial charge < -0.3 is 19.3 Å². The van der Waals surface area contributed by atoms with Crippen molar-refractivity contribution in [1.29, 1.82) is 0 Å². The Kier molecular flexibility index (Phi) is 4.16. The predicted octanol–water partition coefficient (Wildman–Crippen LogP) is -0.0569. The van der Waals surface area contributed by atoms with Crippen LogP contribution in [-0.2, 0) is 16.1 Å². The summed E-state index contributed by atoms with van der Waals surface area (Å²) >= 11 is 0. The molecule has 0 aromatic carbocycles. The molecule has 1 atom stereocenters. The largest absolute Gasteiger partial charge is 0.481 e. The molecule has 2 heterocycles. The van der Waals surface area contributed by atoms with Crippen LogP contribution < -0.4 is 10.5 Å². The second-order valence-corrected chi connectivity index (χ2v) is 4.36. The number of carbonyl (C=O) groups is 1. The Labute approximate surface area is 110 Å². The first-order valence-corrected chi connectivity index (χ1v) is 6.25. The van der Waals surface area contributed by atoms with Crippen molar-refractivity contribution in [2.45, 2.75) is 25.9 Å². The molecule has 1 aromatic rings. The number of morpholine rings is 1. The molecule has 7 nitrogen and oxygen atoms in total. The van der Waals surface area contributed by atoms with Gasteiger partial charge in [0.15, 0.2) is 5.82 Å². The van der Waals surface area contributed by atoms with Gasteiger partial charge in [0.1, 0.15) is 0 Å². The summed E-state index contributed by atoms with van der Waals surface area (Å²) in [7, 11) is 0. The zero-order valence-electron chi connectivity index (χ0n) is 10.8. The fourth-order valence-corrected chi connectivity index (χ4v) is 2.19. The van der Waals surface area contributed by atoms with Crippen LogP contribution in [0.3, 0.4) is 0 Å². The highest BCUT2D eigenvalue weighted by molar-refractivity contribution is 5.68. The van der Waals surface area contributed by atoms with E-state index in [1.54, 1.807) is 21.9 Å². The van der Waals surface area contributed by atoms with Crippen LogP contribution in [-0.4, -0.2) is 46.4 Å². The SMILES string of the molecule is CCn1ccnc(N2CCOCC2CC(=O)O)c1=O. The quantitative estimate of drug-likeness (QED) is 0.823. The first-order valence-electron chi connectivity index (χ1n) is 6.25. The Bertz CT molecular complexity index is 514. The van der Waals surface area contributed by atoms with Crippen LogP contribution in [0.4, 0.5) is 5.82 Å². The minimum absolute atomic E-state index is 0.0673. The molecule has 0 spiro atoms. The van der Waals surface area contributed by atoms with Gasteiger partial charge in [-0.05, 0) is 6.92 Å². The van der Waals surface area contributed by atoms with E-state index in [0.717, 1.165) is 0 Å². The smallest absolute Gasteiger partial charge is 0.305 e. The maximum absolute atomic E-state index is 12.2. The number of carboxylic acids is 1. The third-order valence-electron chi connectivity index (χ3n) is 3.15. The highest BCUT2D eigenvalue weighted by atomic mass is 16.5. The standard InChI is InChI=1S/C12H17N3O4/c1-2-14-4-3-13-11(12(14)18)15-5-6-19-8-9(15)7-10(16)17/h3-4,9H,2,5-8H2,1H3,(H,16,17). The van der Waals surface area contributed by atoms with E-state index < -0.39 is 5.97 Å². The zero-order valence-corrected chi connectivity index (χ0v) is 10.8. The molecule has 1 fully saturated rings. The molecule has 1 aromatic heterocycles. The van der Waals surface area contributed by atoms with E-state index in [9.17, 15) is 9.59 Å². The lowest BCUT2D eigenvalue weighted by atomic mass is 10.1. The number of aryl methyl sites for hydroxylation is 1. The Morgan fingerprint density at radius 2 is 2.42 bits per heavy atom. The van der Waals surface area contributed by atoms with Crippen LogP contribution in [0.5, 0.6) is 0 Å². The molecule has 0 amide bonds. The first-order chi connectivity index (χ1) is 9.13. The minimum atomic E-state index is -0.910. The summed E-state index contributed by atoms with van der Waals surface area (Å²) in [5.74, 6) is -0.605. The maximum Gasteiger partial charge on any atom is 0.305 e. The van der Waals surface area contributed by atoms with Gasteiger partial charge in [0.05, 0.1) is 25.7 Å². The van der Waals surface area contributed by atoms with Crippen molar-refractivity contribution in [2.24, 2.45) is 0 Å². The number of hydrogen-bond donors (Lipinski definition) is 1. The summed E-state index contributed by atoms with van der Waals surface area (Å²) in [6.45, 7) is 3.68. The monoisotopic (exact) mass is 267 g/mol. The Balaban J connectivity index is 2.32. The second-order valence-electron chi connectivity index (χ2n) is 4.36. The fraction of sp³-hybridized carbons (Fsp3) is 0.583. The fourth-order valence-electron chi connectivity index (χ4n) is 2.19. The summed E-state index contributed by atoms with van der Waals surface area (Å²) in [4.78, 5) is 28.9. The average molecular weight is 267 g/mol. The van der Waals surface area contributed by atoms with Crippen molar-refractivity contribution in [2.75, 3.05) is 24.7 Å². The topological polar surface area (TPSA) is 84.7 Å². The van der Waals surface area contributed by atoms with Gasteiger partial charge in [-0.3, -0.25) is 9.59 Å². The van der Waals surface area contributed by atoms with Gasteiger partial charge in [-0.15, -0.1) is 0 Å². The van der Waals surface area contributed by atoms with Crippen molar-refractivity contribution in [3.63, 3.8) is 0 Å². The lowest BCUT2D eigenvalue weighted by Gasteiger charge is -2.35. The van der Waals surface area contributed by atoms with E-state index >= 15 is 0 Å².